The van der Waals surface area contributed by atoms with Crippen LogP contribution in [0.1, 0.15) is 53.2 Å². The highest BCUT2D eigenvalue weighted by Gasteiger charge is 2.05. The monoisotopic (exact) mass is 268 g/mol. The molecule has 0 aliphatic carbocycles. The predicted molar refractivity (Wildman–Crippen MR) is 81.4 cm³/mol. The van der Waals surface area contributed by atoms with Gasteiger partial charge in [-0.15, -0.1) is 0 Å². The van der Waals surface area contributed by atoms with Gasteiger partial charge in [0.1, 0.15) is 0 Å². The maximum Gasteiger partial charge on any atom is 0.335 e. The lowest BCUT2D eigenvalue weighted by Crippen LogP contribution is -1.98. The molecule has 0 aliphatic heterocycles. The lowest BCUT2D eigenvalue weighted by molar-refractivity contribution is 0.0697. The Morgan fingerprint density at radius 3 is 2.40 bits per heavy atom. The Labute approximate surface area is 120 Å². The summed E-state index contributed by atoms with van der Waals surface area (Å²) in [7, 11) is 0. The number of carboxylic acids is 1. The lowest BCUT2D eigenvalue weighted by atomic mass is 9.96. The van der Waals surface area contributed by atoms with Crippen molar-refractivity contribution in [2.45, 2.75) is 32.6 Å². The van der Waals surface area contributed by atoms with Crippen molar-refractivity contribution in [1.82, 2.24) is 0 Å². The number of carbonyl (C=O) groups is 1. The molecule has 2 heteroatoms. The Hall–Kier alpha value is -2.09. The maximum absolute atomic E-state index is 11.0. The Kier molecular flexibility index (Phi) is 4.57. The van der Waals surface area contributed by atoms with E-state index in [4.69, 9.17) is 5.11 Å². The van der Waals surface area contributed by atoms with Gasteiger partial charge in [-0.2, -0.15) is 0 Å². The van der Waals surface area contributed by atoms with Gasteiger partial charge in [-0.05, 0) is 47.6 Å². The molecule has 104 valence electrons. The zero-order chi connectivity index (χ0) is 14.5. The van der Waals surface area contributed by atoms with Crippen LogP contribution in [0.25, 0.3) is 0 Å². The first kappa shape index (κ1) is 14.3. The smallest absolute Gasteiger partial charge is 0.335 e. The molecule has 20 heavy (non-hydrogen) atoms. The van der Waals surface area contributed by atoms with E-state index in [9.17, 15) is 4.79 Å². The zero-order valence-corrected chi connectivity index (χ0v) is 12.0. The van der Waals surface area contributed by atoms with E-state index in [1.54, 1.807) is 18.2 Å². The van der Waals surface area contributed by atoms with Gasteiger partial charge in [0.05, 0.1) is 5.56 Å². The van der Waals surface area contributed by atoms with E-state index in [1.165, 1.54) is 11.1 Å². The van der Waals surface area contributed by atoms with Gasteiger partial charge in [-0.1, -0.05) is 50.2 Å². The molecule has 0 heterocycles. The summed E-state index contributed by atoms with van der Waals surface area (Å²) in [4.78, 5) is 11.0. The average Bonchev–Trinajstić information content (AvgIpc) is 2.47. The minimum absolute atomic E-state index is 0.346. The summed E-state index contributed by atoms with van der Waals surface area (Å²) in [6, 6.07) is 15.7. The van der Waals surface area contributed by atoms with Crippen LogP contribution in [0.2, 0.25) is 0 Å². The molecule has 1 N–H and O–H groups in total. The van der Waals surface area contributed by atoms with Crippen molar-refractivity contribution in [3.63, 3.8) is 0 Å². The second-order valence-corrected chi connectivity index (χ2v) is 5.23. The minimum Gasteiger partial charge on any atom is -0.478 e. The molecule has 1 unspecified atom stereocenters. The highest BCUT2D eigenvalue weighted by atomic mass is 16.4. The van der Waals surface area contributed by atoms with Crippen LogP contribution in [-0.4, -0.2) is 11.1 Å². The van der Waals surface area contributed by atoms with E-state index < -0.39 is 5.97 Å². The molecule has 0 saturated heterocycles. The summed E-state index contributed by atoms with van der Waals surface area (Å²) in [5.41, 5.74) is 3.94. The van der Waals surface area contributed by atoms with Crippen LogP contribution in [0.15, 0.2) is 48.5 Å². The largest absolute Gasteiger partial charge is 0.478 e. The molecule has 0 aromatic heterocycles. The van der Waals surface area contributed by atoms with Crippen LogP contribution in [0.3, 0.4) is 0 Å². The number of benzene rings is 2. The molecule has 0 bridgehead atoms. The molecule has 2 nitrogen and oxygen atoms in total. The van der Waals surface area contributed by atoms with Crippen molar-refractivity contribution in [3.8, 4) is 0 Å². The second kappa shape index (κ2) is 6.38. The van der Waals surface area contributed by atoms with E-state index in [-0.39, 0.29) is 0 Å². The average molecular weight is 268 g/mol. The van der Waals surface area contributed by atoms with Gasteiger partial charge in [0.15, 0.2) is 0 Å². The normalized spacial score (nSPS) is 12.1. The van der Waals surface area contributed by atoms with E-state index in [1.807, 2.05) is 6.07 Å². The molecule has 2 aromatic rings. The van der Waals surface area contributed by atoms with Crippen molar-refractivity contribution in [3.05, 3.63) is 70.8 Å². The Balaban J connectivity index is 2.14. The van der Waals surface area contributed by atoms with Crippen LogP contribution in [-0.2, 0) is 6.42 Å². The van der Waals surface area contributed by atoms with Crippen molar-refractivity contribution >= 4 is 5.97 Å². The third-order valence-electron chi connectivity index (χ3n) is 3.74. The van der Waals surface area contributed by atoms with Crippen LogP contribution >= 0.6 is 0 Å². The molecule has 1 atom stereocenters. The third-order valence-corrected chi connectivity index (χ3v) is 3.74. The summed E-state index contributed by atoms with van der Waals surface area (Å²) in [6.07, 6.45) is 1.90. The standard InChI is InChI=1S/C18H20O2/c1-3-13(2)16-9-7-14(8-10-16)11-15-5-4-6-17(12-15)18(19)20/h4-10,12-13H,3,11H2,1-2H3,(H,19,20). The number of hydrogen-bond acceptors (Lipinski definition) is 1. The van der Waals surface area contributed by atoms with Crippen LogP contribution in [0.5, 0.6) is 0 Å². The number of carboxylic acid groups (broad SMARTS) is 1. The maximum atomic E-state index is 11.0. The van der Waals surface area contributed by atoms with Crippen molar-refractivity contribution in [2.75, 3.05) is 0 Å². The molecule has 0 aliphatic rings. The third kappa shape index (κ3) is 3.47. The minimum atomic E-state index is -0.876. The van der Waals surface area contributed by atoms with Crippen molar-refractivity contribution in [1.29, 1.82) is 0 Å². The van der Waals surface area contributed by atoms with Gasteiger partial charge in [0.25, 0.3) is 0 Å². The molecule has 2 aromatic carbocycles. The molecular formula is C18H20O2. The predicted octanol–water partition coefficient (Wildman–Crippen LogP) is 4.49. The Bertz CT molecular complexity index is 585. The van der Waals surface area contributed by atoms with Crippen molar-refractivity contribution < 1.29 is 9.90 Å². The van der Waals surface area contributed by atoms with E-state index in [2.05, 4.69) is 38.1 Å². The number of aromatic carboxylic acids is 1. The first-order valence-corrected chi connectivity index (χ1v) is 7.01. The van der Waals surface area contributed by atoms with Gasteiger partial charge >= 0.3 is 5.97 Å². The summed E-state index contributed by atoms with van der Waals surface area (Å²) in [5.74, 6) is -0.293. The topological polar surface area (TPSA) is 37.3 Å². The summed E-state index contributed by atoms with van der Waals surface area (Å²) < 4.78 is 0. The quantitative estimate of drug-likeness (QED) is 0.867. The summed E-state index contributed by atoms with van der Waals surface area (Å²) >= 11 is 0. The first-order chi connectivity index (χ1) is 9.60. The Morgan fingerprint density at radius 1 is 1.10 bits per heavy atom. The van der Waals surface area contributed by atoms with Crippen LogP contribution < -0.4 is 0 Å². The van der Waals surface area contributed by atoms with E-state index in [0.717, 1.165) is 18.4 Å². The molecule has 0 amide bonds. The van der Waals surface area contributed by atoms with Crippen molar-refractivity contribution in [2.24, 2.45) is 0 Å². The lowest BCUT2D eigenvalue weighted by Gasteiger charge is -2.10. The van der Waals surface area contributed by atoms with Crippen LogP contribution in [0, 0.1) is 0 Å². The van der Waals surface area contributed by atoms with Gasteiger partial charge in [0, 0.05) is 0 Å². The van der Waals surface area contributed by atoms with Gasteiger partial charge < -0.3 is 5.11 Å². The van der Waals surface area contributed by atoms with Gasteiger partial charge in [0.2, 0.25) is 0 Å². The molecular weight excluding hydrogens is 248 g/mol. The van der Waals surface area contributed by atoms with Crippen LogP contribution in [0.4, 0.5) is 0 Å². The van der Waals surface area contributed by atoms with Gasteiger partial charge in [-0.25, -0.2) is 4.79 Å². The molecule has 0 fully saturated rings. The van der Waals surface area contributed by atoms with Gasteiger partial charge in [-0.3, -0.25) is 0 Å². The fraction of sp³-hybridized carbons (Fsp3) is 0.278. The second-order valence-electron chi connectivity index (χ2n) is 5.23. The van der Waals surface area contributed by atoms with E-state index in [0.29, 0.717) is 11.5 Å². The SMILES string of the molecule is CCC(C)c1ccc(Cc2cccc(C(=O)O)c2)cc1. The molecule has 0 radical (unpaired) electrons. The fourth-order valence-corrected chi connectivity index (χ4v) is 2.25. The summed E-state index contributed by atoms with van der Waals surface area (Å²) in [6.45, 7) is 4.42. The molecule has 0 spiro atoms. The molecule has 0 saturated carbocycles. The highest BCUT2D eigenvalue weighted by Crippen LogP contribution is 2.20. The number of hydrogen-bond donors (Lipinski definition) is 1. The first-order valence-electron chi connectivity index (χ1n) is 7.01. The van der Waals surface area contributed by atoms with E-state index >= 15 is 0 Å². The number of rotatable bonds is 5. The molecule has 2 rings (SSSR count). The fourth-order valence-electron chi connectivity index (χ4n) is 2.25. The Morgan fingerprint density at radius 2 is 1.80 bits per heavy atom. The summed E-state index contributed by atoms with van der Waals surface area (Å²) in [5, 5.41) is 9.00. The highest BCUT2D eigenvalue weighted by molar-refractivity contribution is 5.87. The zero-order valence-electron chi connectivity index (χ0n) is 12.0.